The molecule has 0 atom stereocenters. The van der Waals surface area contributed by atoms with Crippen molar-refractivity contribution in [2.75, 3.05) is 0 Å². The molecule has 0 aliphatic rings. The Balaban J connectivity index is 1.67. The van der Waals surface area contributed by atoms with Crippen molar-refractivity contribution >= 4 is 28.8 Å². The maximum absolute atomic E-state index is 12.2. The van der Waals surface area contributed by atoms with Crippen LogP contribution in [0.4, 0.5) is 0 Å². The smallest absolute Gasteiger partial charge is 0.263 e. The van der Waals surface area contributed by atoms with Crippen molar-refractivity contribution in [1.82, 2.24) is 10.3 Å². The number of nitrogens with zero attached hydrogens (tertiary/aromatic N) is 1. The summed E-state index contributed by atoms with van der Waals surface area (Å²) in [5, 5.41) is 4.38. The molecule has 110 valence electrons. The number of hydrogen-bond acceptors (Lipinski definition) is 3. The molecule has 0 aliphatic heterocycles. The van der Waals surface area contributed by atoms with E-state index in [9.17, 15) is 4.79 Å². The number of benzene rings is 2. The molecule has 2 aromatic carbocycles. The Labute approximate surface area is 137 Å². The Kier molecular flexibility index (Phi) is 4.51. The van der Waals surface area contributed by atoms with Crippen LogP contribution in [0.15, 0.2) is 60.8 Å². The van der Waals surface area contributed by atoms with Crippen LogP contribution in [0.2, 0.25) is 5.02 Å². The number of carbonyl (C=O) groups is 1. The van der Waals surface area contributed by atoms with Crippen LogP contribution >= 0.6 is 22.9 Å². The molecular formula is C17H13ClN2OS. The van der Waals surface area contributed by atoms with E-state index >= 15 is 0 Å². The first-order chi connectivity index (χ1) is 10.7. The summed E-state index contributed by atoms with van der Waals surface area (Å²) in [6.45, 7) is 0.442. The van der Waals surface area contributed by atoms with Gasteiger partial charge in [-0.3, -0.25) is 4.79 Å². The molecule has 0 bridgehead atoms. The van der Waals surface area contributed by atoms with Crippen LogP contribution in [-0.2, 0) is 6.54 Å². The zero-order valence-corrected chi connectivity index (χ0v) is 13.2. The first kappa shape index (κ1) is 14.8. The van der Waals surface area contributed by atoms with Gasteiger partial charge in [0.1, 0.15) is 9.88 Å². The Bertz CT molecular complexity index is 786. The van der Waals surface area contributed by atoms with Crippen LogP contribution in [0.1, 0.15) is 15.2 Å². The van der Waals surface area contributed by atoms with E-state index in [0.717, 1.165) is 16.1 Å². The van der Waals surface area contributed by atoms with Gasteiger partial charge in [0.05, 0.1) is 6.20 Å². The predicted molar refractivity (Wildman–Crippen MR) is 90.2 cm³/mol. The third-order valence-electron chi connectivity index (χ3n) is 3.09. The van der Waals surface area contributed by atoms with E-state index in [2.05, 4.69) is 10.3 Å². The van der Waals surface area contributed by atoms with Crippen molar-refractivity contribution in [3.8, 4) is 10.6 Å². The number of amides is 1. The lowest BCUT2D eigenvalue weighted by atomic mass is 10.2. The van der Waals surface area contributed by atoms with Crippen molar-refractivity contribution in [3.05, 3.63) is 76.3 Å². The quantitative estimate of drug-likeness (QED) is 0.771. The molecule has 0 aliphatic carbocycles. The zero-order valence-electron chi connectivity index (χ0n) is 11.6. The van der Waals surface area contributed by atoms with Crippen molar-refractivity contribution in [2.24, 2.45) is 0 Å². The van der Waals surface area contributed by atoms with Gasteiger partial charge in [-0.1, -0.05) is 54.1 Å². The second-order valence-electron chi connectivity index (χ2n) is 4.71. The van der Waals surface area contributed by atoms with Gasteiger partial charge in [0.2, 0.25) is 0 Å². The van der Waals surface area contributed by atoms with Crippen molar-refractivity contribution in [1.29, 1.82) is 0 Å². The molecule has 5 heteroatoms. The second-order valence-corrected chi connectivity index (χ2v) is 6.18. The molecule has 3 rings (SSSR count). The summed E-state index contributed by atoms with van der Waals surface area (Å²) in [4.78, 5) is 17.1. The van der Waals surface area contributed by atoms with Crippen molar-refractivity contribution in [2.45, 2.75) is 6.54 Å². The largest absolute Gasteiger partial charge is 0.347 e. The molecule has 3 aromatic rings. The predicted octanol–water partition coefficient (Wildman–Crippen LogP) is 4.39. The zero-order chi connectivity index (χ0) is 15.4. The van der Waals surface area contributed by atoms with Gasteiger partial charge in [0.15, 0.2) is 0 Å². The summed E-state index contributed by atoms with van der Waals surface area (Å²) in [6, 6.07) is 17.3. The van der Waals surface area contributed by atoms with E-state index in [1.807, 2.05) is 54.6 Å². The van der Waals surface area contributed by atoms with E-state index in [1.165, 1.54) is 11.3 Å². The molecule has 0 radical (unpaired) electrons. The van der Waals surface area contributed by atoms with Crippen LogP contribution in [0.25, 0.3) is 10.6 Å². The maximum Gasteiger partial charge on any atom is 0.263 e. The number of aromatic nitrogens is 1. The van der Waals surface area contributed by atoms with Gasteiger partial charge < -0.3 is 5.32 Å². The number of hydrogen-bond donors (Lipinski definition) is 1. The summed E-state index contributed by atoms with van der Waals surface area (Å²) < 4.78 is 0. The third kappa shape index (κ3) is 3.53. The molecule has 1 aromatic heterocycles. The second kappa shape index (κ2) is 6.73. The minimum Gasteiger partial charge on any atom is -0.347 e. The molecular weight excluding hydrogens is 316 g/mol. The number of halogens is 1. The molecule has 0 spiro atoms. The van der Waals surface area contributed by atoms with Crippen LogP contribution in [0, 0.1) is 0 Å². The lowest BCUT2D eigenvalue weighted by molar-refractivity contribution is 0.0955. The van der Waals surface area contributed by atoms with Gasteiger partial charge >= 0.3 is 0 Å². The SMILES string of the molecule is O=C(NCc1cccc(Cl)c1)c1cnc(-c2ccccc2)s1. The lowest BCUT2D eigenvalue weighted by Gasteiger charge is -2.03. The Morgan fingerprint density at radius 2 is 1.95 bits per heavy atom. The number of thiazole rings is 1. The fourth-order valence-corrected chi connectivity index (χ4v) is 3.06. The number of nitrogens with one attached hydrogen (secondary N) is 1. The minimum atomic E-state index is -0.125. The van der Waals surface area contributed by atoms with Gasteiger partial charge in [-0.25, -0.2) is 4.98 Å². The number of carbonyl (C=O) groups excluding carboxylic acids is 1. The summed E-state index contributed by atoms with van der Waals surface area (Å²) in [5.74, 6) is -0.125. The minimum absolute atomic E-state index is 0.125. The van der Waals surface area contributed by atoms with Crippen molar-refractivity contribution < 1.29 is 4.79 Å². The Morgan fingerprint density at radius 1 is 1.14 bits per heavy atom. The molecule has 0 unspecified atom stereocenters. The summed E-state index contributed by atoms with van der Waals surface area (Å²) in [6.07, 6.45) is 1.61. The fraction of sp³-hybridized carbons (Fsp3) is 0.0588. The van der Waals surface area contributed by atoms with Crippen molar-refractivity contribution in [3.63, 3.8) is 0 Å². The standard InChI is InChI=1S/C17H13ClN2OS/c18-14-8-4-5-12(9-14)10-19-16(21)15-11-20-17(22-15)13-6-2-1-3-7-13/h1-9,11H,10H2,(H,19,21). The average Bonchev–Trinajstić information content (AvgIpc) is 3.04. The summed E-state index contributed by atoms with van der Waals surface area (Å²) >= 11 is 7.31. The lowest BCUT2D eigenvalue weighted by Crippen LogP contribution is -2.21. The monoisotopic (exact) mass is 328 g/mol. The first-order valence-electron chi connectivity index (χ1n) is 6.76. The topological polar surface area (TPSA) is 42.0 Å². The van der Waals surface area contributed by atoms with Gasteiger partial charge in [0.25, 0.3) is 5.91 Å². The highest BCUT2D eigenvalue weighted by molar-refractivity contribution is 7.16. The van der Waals surface area contributed by atoms with Crippen LogP contribution in [0.5, 0.6) is 0 Å². The highest BCUT2D eigenvalue weighted by atomic mass is 35.5. The molecule has 1 amide bonds. The molecule has 1 heterocycles. The van der Waals surface area contributed by atoms with E-state index in [0.29, 0.717) is 16.4 Å². The van der Waals surface area contributed by atoms with E-state index < -0.39 is 0 Å². The van der Waals surface area contributed by atoms with Crippen LogP contribution in [-0.4, -0.2) is 10.9 Å². The average molecular weight is 329 g/mol. The van der Waals surface area contributed by atoms with Gasteiger partial charge in [-0.2, -0.15) is 0 Å². The Morgan fingerprint density at radius 3 is 2.73 bits per heavy atom. The molecule has 1 N–H and O–H groups in total. The van der Waals surface area contributed by atoms with Gasteiger partial charge in [-0.05, 0) is 17.7 Å². The maximum atomic E-state index is 12.2. The molecule has 0 fully saturated rings. The van der Waals surface area contributed by atoms with E-state index in [1.54, 1.807) is 6.20 Å². The van der Waals surface area contributed by atoms with Gasteiger partial charge in [0, 0.05) is 17.1 Å². The highest BCUT2D eigenvalue weighted by Crippen LogP contribution is 2.24. The van der Waals surface area contributed by atoms with E-state index in [-0.39, 0.29) is 5.91 Å². The molecule has 0 saturated carbocycles. The van der Waals surface area contributed by atoms with Gasteiger partial charge in [-0.15, -0.1) is 11.3 Å². The Hall–Kier alpha value is -2.17. The molecule has 0 saturated heterocycles. The fourth-order valence-electron chi connectivity index (χ4n) is 2.01. The third-order valence-corrected chi connectivity index (χ3v) is 4.37. The number of rotatable bonds is 4. The van der Waals surface area contributed by atoms with E-state index in [4.69, 9.17) is 11.6 Å². The molecule has 3 nitrogen and oxygen atoms in total. The van der Waals surface area contributed by atoms with Crippen LogP contribution in [0.3, 0.4) is 0 Å². The summed E-state index contributed by atoms with van der Waals surface area (Å²) in [7, 11) is 0. The van der Waals surface area contributed by atoms with Crippen LogP contribution < -0.4 is 5.32 Å². The molecule has 22 heavy (non-hydrogen) atoms. The first-order valence-corrected chi connectivity index (χ1v) is 7.96. The normalized spacial score (nSPS) is 10.4. The summed E-state index contributed by atoms with van der Waals surface area (Å²) in [5.41, 5.74) is 1.98. The highest BCUT2D eigenvalue weighted by Gasteiger charge is 2.11.